The van der Waals surface area contributed by atoms with Gasteiger partial charge in [-0.15, -0.1) is 13.2 Å². The van der Waals surface area contributed by atoms with E-state index < -0.39 is 0 Å². The molecule has 0 heterocycles. The standard InChI is InChI=1S/C6H8O.C2H4/c1-4-6(7)5(2)3;1-2/h4H,1-2H2,3H3;1-2H2. The fraction of sp³-hybridized carbons (Fsp3) is 0.125. The highest BCUT2D eigenvalue weighted by Gasteiger charge is 1.90. The van der Waals surface area contributed by atoms with Crippen LogP contribution >= 0.6 is 0 Å². The maximum absolute atomic E-state index is 10.3. The monoisotopic (exact) mass is 124 g/mol. The average Bonchev–Trinajstić information content (AvgIpc) is 1.91. The maximum atomic E-state index is 10.3. The van der Waals surface area contributed by atoms with Crippen molar-refractivity contribution in [3.63, 3.8) is 0 Å². The Morgan fingerprint density at radius 2 is 1.78 bits per heavy atom. The largest absolute Gasteiger partial charge is 0.290 e. The van der Waals surface area contributed by atoms with Crippen LogP contribution in [0.15, 0.2) is 38.0 Å². The van der Waals surface area contributed by atoms with Crippen molar-refractivity contribution in [1.29, 1.82) is 0 Å². The van der Waals surface area contributed by atoms with E-state index in [9.17, 15) is 4.79 Å². The molecule has 0 aliphatic carbocycles. The number of carbonyl (C=O) groups is 1. The highest BCUT2D eigenvalue weighted by molar-refractivity contribution is 6.02. The van der Waals surface area contributed by atoms with Gasteiger partial charge in [-0.05, 0) is 18.6 Å². The lowest BCUT2D eigenvalue weighted by molar-refractivity contribution is -0.111. The average molecular weight is 124 g/mol. The van der Waals surface area contributed by atoms with Crippen molar-refractivity contribution >= 4 is 5.78 Å². The van der Waals surface area contributed by atoms with Crippen LogP contribution in [0.3, 0.4) is 0 Å². The van der Waals surface area contributed by atoms with Crippen molar-refractivity contribution in [2.45, 2.75) is 6.92 Å². The zero-order chi connectivity index (χ0) is 7.86. The molecule has 1 nitrogen and oxygen atoms in total. The Morgan fingerprint density at radius 3 is 1.78 bits per heavy atom. The van der Waals surface area contributed by atoms with E-state index in [1.807, 2.05) is 0 Å². The minimum absolute atomic E-state index is 0.0833. The molecule has 0 saturated carbocycles. The van der Waals surface area contributed by atoms with Crippen LogP contribution in [0.2, 0.25) is 0 Å². The van der Waals surface area contributed by atoms with Crippen molar-refractivity contribution in [2.75, 3.05) is 0 Å². The Hall–Kier alpha value is -1.11. The zero-order valence-electron chi connectivity index (χ0n) is 5.81. The molecule has 0 radical (unpaired) electrons. The zero-order valence-corrected chi connectivity index (χ0v) is 5.81. The summed E-state index contributed by atoms with van der Waals surface area (Å²) in [4.78, 5) is 10.3. The third-order valence-electron chi connectivity index (χ3n) is 0.606. The van der Waals surface area contributed by atoms with Crippen LogP contribution in [-0.4, -0.2) is 5.78 Å². The van der Waals surface area contributed by atoms with E-state index in [0.717, 1.165) is 0 Å². The molecule has 50 valence electrons. The molecule has 0 fully saturated rings. The number of carbonyl (C=O) groups excluding carboxylic acids is 1. The molecule has 0 aromatic heterocycles. The Labute approximate surface area is 56.4 Å². The molecule has 0 saturated heterocycles. The van der Waals surface area contributed by atoms with Crippen LogP contribution in [0.25, 0.3) is 0 Å². The van der Waals surface area contributed by atoms with Gasteiger partial charge in [0.15, 0.2) is 5.78 Å². The second-order valence-corrected chi connectivity index (χ2v) is 1.35. The molecule has 0 atom stereocenters. The van der Waals surface area contributed by atoms with Gasteiger partial charge in [0.2, 0.25) is 0 Å². The molecule has 0 aliphatic heterocycles. The van der Waals surface area contributed by atoms with Crippen molar-refractivity contribution in [2.24, 2.45) is 0 Å². The van der Waals surface area contributed by atoms with E-state index in [0.29, 0.717) is 5.57 Å². The van der Waals surface area contributed by atoms with Crippen LogP contribution in [0.5, 0.6) is 0 Å². The van der Waals surface area contributed by atoms with E-state index in [1.54, 1.807) is 6.92 Å². The van der Waals surface area contributed by atoms with E-state index in [1.165, 1.54) is 6.08 Å². The van der Waals surface area contributed by atoms with Crippen molar-refractivity contribution in [1.82, 2.24) is 0 Å². The maximum Gasteiger partial charge on any atom is 0.180 e. The molecule has 0 aromatic rings. The summed E-state index contributed by atoms with van der Waals surface area (Å²) in [5, 5.41) is 0. The van der Waals surface area contributed by atoms with Gasteiger partial charge in [0, 0.05) is 0 Å². The van der Waals surface area contributed by atoms with Crippen LogP contribution < -0.4 is 0 Å². The first-order chi connectivity index (χ1) is 4.18. The summed E-state index contributed by atoms with van der Waals surface area (Å²) in [5.41, 5.74) is 0.537. The number of allylic oxidation sites excluding steroid dienone is 2. The quantitative estimate of drug-likeness (QED) is 0.407. The van der Waals surface area contributed by atoms with Gasteiger partial charge in [-0.3, -0.25) is 4.79 Å². The summed E-state index contributed by atoms with van der Waals surface area (Å²) in [6, 6.07) is 0. The van der Waals surface area contributed by atoms with Crippen LogP contribution in [-0.2, 0) is 4.79 Å². The molecule has 1 heteroatoms. The topological polar surface area (TPSA) is 17.1 Å². The minimum atomic E-state index is -0.0833. The SMILES string of the molecule is C=C.C=CC(=O)C(=C)C. The fourth-order valence-electron chi connectivity index (χ4n) is 0.174. The highest BCUT2D eigenvalue weighted by Crippen LogP contribution is 1.87. The van der Waals surface area contributed by atoms with Gasteiger partial charge in [-0.1, -0.05) is 13.2 Å². The molecular formula is C8H12O. The second kappa shape index (κ2) is 6.89. The molecule has 0 aromatic carbocycles. The van der Waals surface area contributed by atoms with Crippen molar-refractivity contribution < 1.29 is 4.79 Å². The predicted molar refractivity (Wildman–Crippen MR) is 41.3 cm³/mol. The smallest absolute Gasteiger partial charge is 0.180 e. The van der Waals surface area contributed by atoms with Gasteiger partial charge in [-0.25, -0.2) is 0 Å². The van der Waals surface area contributed by atoms with E-state index in [4.69, 9.17) is 0 Å². The van der Waals surface area contributed by atoms with Crippen LogP contribution in [0.4, 0.5) is 0 Å². The first-order valence-electron chi connectivity index (χ1n) is 2.50. The lowest BCUT2D eigenvalue weighted by Gasteiger charge is -1.83. The normalized spacial score (nSPS) is 6.33. The molecule has 0 amide bonds. The molecule has 0 bridgehead atoms. The Morgan fingerprint density at radius 1 is 1.44 bits per heavy atom. The molecule has 9 heavy (non-hydrogen) atoms. The lowest BCUT2D eigenvalue weighted by Crippen LogP contribution is -1.89. The van der Waals surface area contributed by atoms with Crippen LogP contribution in [0.1, 0.15) is 6.92 Å². The number of ketones is 1. The molecular weight excluding hydrogens is 112 g/mol. The number of rotatable bonds is 2. The van der Waals surface area contributed by atoms with Crippen LogP contribution in [0, 0.1) is 0 Å². The van der Waals surface area contributed by atoms with E-state index in [2.05, 4.69) is 26.3 Å². The summed E-state index contributed by atoms with van der Waals surface area (Å²) in [6.07, 6.45) is 1.25. The third kappa shape index (κ3) is 6.89. The third-order valence-corrected chi connectivity index (χ3v) is 0.606. The summed E-state index contributed by atoms with van der Waals surface area (Å²) in [7, 11) is 0. The predicted octanol–water partition coefficient (Wildman–Crippen LogP) is 2.12. The molecule has 0 spiro atoms. The molecule has 0 rings (SSSR count). The van der Waals surface area contributed by atoms with Crippen molar-refractivity contribution in [3.8, 4) is 0 Å². The van der Waals surface area contributed by atoms with Gasteiger partial charge in [0.05, 0.1) is 0 Å². The molecule has 0 aliphatic rings. The number of hydrogen-bond donors (Lipinski definition) is 0. The summed E-state index contributed by atoms with van der Waals surface area (Å²) < 4.78 is 0. The summed E-state index contributed by atoms with van der Waals surface area (Å²) in [6.45, 7) is 14.3. The highest BCUT2D eigenvalue weighted by atomic mass is 16.1. The van der Waals surface area contributed by atoms with Gasteiger partial charge in [0.1, 0.15) is 0 Å². The van der Waals surface area contributed by atoms with Gasteiger partial charge >= 0.3 is 0 Å². The molecule has 0 N–H and O–H groups in total. The lowest BCUT2D eigenvalue weighted by atomic mass is 10.2. The number of hydrogen-bond acceptors (Lipinski definition) is 1. The Balaban J connectivity index is 0. The fourth-order valence-corrected chi connectivity index (χ4v) is 0.174. The van der Waals surface area contributed by atoms with E-state index in [-0.39, 0.29) is 5.78 Å². The molecule has 0 unspecified atom stereocenters. The van der Waals surface area contributed by atoms with Gasteiger partial charge < -0.3 is 0 Å². The summed E-state index contributed by atoms with van der Waals surface area (Å²) >= 11 is 0. The Kier molecular flexibility index (Phi) is 8.27. The Bertz CT molecular complexity index is 123. The van der Waals surface area contributed by atoms with Gasteiger partial charge in [-0.2, -0.15) is 0 Å². The van der Waals surface area contributed by atoms with Gasteiger partial charge in [0.25, 0.3) is 0 Å². The second-order valence-electron chi connectivity index (χ2n) is 1.35. The first kappa shape index (κ1) is 10.8. The van der Waals surface area contributed by atoms with E-state index >= 15 is 0 Å². The summed E-state index contributed by atoms with van der Waals surface area (Å²) in [5.74, 6) is -0.0833. The first-order valence-corrected chi connectivity index (χ1v) is 2.50. The van der Waals surface area contributed by atoms with Crippen molar-refractivity contribution in [3.05, 3.63) is 38.0 Å². The minimum Gasteiger partial charge on any atom is -0.290 e.